The third-order valence-electron chi connectivity index (χ3n) is 3.55. The van der Waals surface area contributed by atoms with Gasteiger partial charge >= 0.3 is 5.97 Å². The Hall–Kier alpha value is -3.34. The molecule has 2 aromatic carbocycles. The number of carboxylic acid groups (broad SMARTS) is 1. The quantitative estimate of drug-likeness (QED) is 0.405. The minimum absolute atomic E-state index is 0.248. The molecule has 0 bridgehead atoms. The molecule has 0 unspecified atom stereocenters. The summed E-state index contributed by atoms with van der Waals surface area (Å²) in [5, 5.41) is 8.72. The summed E-state index contributed by atoms with van der Waals surface area (Å²) in [5.41, 5.74) is 2.36. The fourth-order valence-electron chi connectivity index (χ4n) is 2.18. The van der Waals surface area contributed by atoms with Crippen LogP contribution in [0.5, 0.6) is 11.5 Å². The first kappa shape index (κ1) is 20.0. The summed E-state index contributed by atoms with van der Waals surface area (Å²) in [4.78, 5) is 23.1. The van der Waals surface area contributed by atoms with Crippen LogP contribution in [0, 0.1) is 0 Å². The van der Waals surface area contributed by atoms with Crippen LogP contribution in [0.1, 0.15) is 29.8 Å². The molecule has 5 heteroatoms. The van der Waals surface area contributed by atoms with Crippen molar-refractivity contribution in [3.05, 3.63) is 77.4 Å². The highest BCUT2D eigenvalue weighted by molar-refractivity contribution is 6.08. The van der Waals surface area contributed by atoms with Crippen molar-refractivity contribution in [2.24, 2.45) is 0 Å². The maximum atomic E-state index is 12.4. The van der Waals surface area contributed by atoms with Gasteiger partial charge in [0.2, 0.25) is 0 Å². The van der Waals surface area contributed by atoms with Crippen LogP contribution in [0.15, 0.2) is 66.3 Å². The molecule has 2 rings (SSSR count). The van der Waals surface area contributed by atoms with Crippen LogP contribution >= 0.6 is 0 Å². The number of benzene rings is 2. The molecule has 0 aliphatic rings. The van der Waals surface area contributed by atoms with Gasteiger partial charge in [-0.15, -0.1) is 0 Å². The van der Waals surface area contributed by atoms with Gasteiger partial charge in [-0.1, -0.05) is 35.9 Å². The van der Waals surface area contributed by atoms with E-state index in [-0.39, 0.29) is 11.5 Å². The van der Waals surface area contributed by atoms with Gasteiger partial charge in [-0.2, -0.15) is 0 Å². The second kappa shape index (κ2) is 9.97. The molecule has 2 aromatic rings. The summed E-state index contributed by atoms with van der Waals surface area (Å²) in [5.74, 6) is -0.361. The summed E-state index contributed by atoms with van der Waals surface area (Å²) < 4.78 is 10.8. The topological polar surface area (TPSA) is 72.8 Å². The van der Waals surface area contributed by atoms with Crippen molar-refractivity contribution in [3.8, 4) is 11.5 Å². The van der Waals surface area contributed by atoms with E-state index < -0.39 is 12.6 Å². The van der Waals surface area contributed by atoms with Crippen molar-refractivity contribution in [1.29, 1.82) is 0 Å². The van der Waals surface area contributed by atoms with Crippen LogP contribution in [-0.2, 0) is 4.79 Å². The van der Waals surface area contributed by atoms with E-state index in [9.17, 15) is 9.59 Å². The van der Waals surface area contributed by atoms with Crippen molar-refractivity contribution in [2.45, 2.75) is 13.8 Å². The van der Waals surface area contributed by atoms with Crippen molar-refractivity contribution < 1.29 is 24.2 Å². The first-order chi connectivity index (χ1) is 13.0. The number of carboxylic acids is 1. The van der Waals surface area contributed by atoms with E-state index in [4.69, 9.17) is 14.6 Å². The average Bonchev–Trinajstić information content (AvgIpc) is 2.65. The lowest BCUT2D eigenvalue weighted by atomic mass is 10.1. The van der Waals surface area contributed by atoms with Crippen LogP contribution in [0.3, 0.4) is 0 Å². The maximum Gasteiger partial charge on any atom is 0.341 e. The van der Waals surface area contributed by atoms with Gasteiger partial charge in [-0.05, 0) is 55.8 Å². The molecule has 0 saturated carbocycles. The average molecular weight is 366 g/mol. The Kier molecular flexibility index (Phi) is 7.37. The van der Waals surface area contributed by atoms with Crippen LogP contribution in [0.25, 0.3) is 6.08 Å². The van der Waals surface area contributed by atoms with Crippen LogP contribution in [-0.4, -0.2) is 30.1 Å². The Morgan fingerprint density at radius 2 is 1.70 bits per heavy atom. The number of carbonyl (C=O) groups excluding carboxylic acids is 1. The Labute approximate surface area is 158 Å². The maximum absolute atomic E-state index is 12.4. The molecular weight excluding hydrogens is 344 g/mol. The number of allylic oxidation sites excluding steroid dienone is 2. The van der Waals surface area contributed by atoms with E-state index >= 15 is 0 Å². The molecule has 0 amide bonds. The highest BCUT2D eigenvalue weighted by Gasteiger charge is 2.10. The van der Waals surface area contributed by atoms with Gasteiger partial charge < -0.3 is 14.6 Å². The number of carbonyl (C=O) groups is 2. The smallest absolute Gasteiger partial charge is 0.341 e. The van der Waals surface area contributed by atoms with Gasteiger partial charge in [0.25, 0.3) is 0 Å². The zero-order valence-electron chi connectivity index (χ0n) is 15.3. The van der Waals surface area contributed by atoms with Crippen molar-refractivity contribution in [2.75, 3.05) is 13.2 Å². The predicted octanol–water partition coefficient (Wildman–Crippen LogP) is 4.39. The Morgan fingerprint density at radius 3 is 2.37 bits per heavy atom. The van der Waals surface area contributed by atoms with Gasteiger partial charge in [0.15, 0.2) is 12.4 Å². The van der Waals surface area contributed by atoms with Crippen LogP contribution in [0.4, 0.5) is 0 Å². The Balaban J connectivity index is 2.02. The summed E-state index contributed by atoms with van der Waals surface area (Å²) >= 11 is 0. The molecule has 0 fully saturated rings. The van der Waals surface area contributed by atoms with E-state index in [1.165, 1.54) is 11.6 Å². The standard InChI is InChI=1S/C22H22O5/c1-16(2)13-14-26-18-10-7-17(8-11-18)9-12-20(23)19-5-3-4-6-21(19)27-15-22(24)25/h3-13H,14-15H2,1-2H3,(H,24,25). The summed E-state index contributed by atoms with van der Waals surface area (Å²) in [6.45, 7) is 4.05. The SMILES string of the molecule is CC(C)=CCOc1ccc(C=CC(=O)c2ccccc2OCC(=O)O)cc1. The Morgan fingerprint density at radius 1 is 1.00 bits per heavy atom. The first-order valence-corrected chi connectivity index (χ1v) is 8.48. The molecule has 27 heavy (non-hydrogen) atoms. The molecule has 0 aliphatic carbocycles. The van der Waals surface area contributed by atoms with Crippen molar-refractivity contribution in [3.63, 3.8) is 0 Å². The van der Waals surface area contributed by atoms with Crippen LogP contribution in [0.2, 0.25) is 0 Å². The molecule has 0 atom stereocenters. The second-order valence-corrected chi connectivity index (χ2v) is 6.04. The number of ether oxygens (including phenoxy) is 2. The monoisotopic (exact) mass is 366 g/mol. The molecule has 0 aromatic heterocycles. The van der Waals surface area contributed by atoms with Gasteiger partial charge in [0.05, 0.1) is 5.56 Å². The van der Waals surface area contributed by atoms with Crippen LogP contribution < -0.4 is 9.47 Å². The molecule has 5 nitrogen and oxygen atoms in total. The highest BCUT2D eigenvalue weighted by Crippen LogP contribution is 2.20. The molecule has 0 heterocycles. The van der Waals surface area contributed by atoms with E-state index in [1.807, 2.05) is 44.2 Å². The number of hydrogen-bond donors (Lipinski definition) is 1. The summed E-state index contributed by atoms with van der Waals surface area (Å²) in [7, 11) is 0. The molecule has 0 saturated heterocycles. The number of hydrogen-bond acceptors (Lipinski definition) is 4. The van der Waals surface area contributed by atoms with Gasteiger partial charge in [0.1, 0.15) is 18.1 Å². The van der Waals surface area contributed by atoms with E-state index in [2.05, 4.69) is 0 Å². The summed E-state index contributed by atoms with van der Waals surface area (Å²) in [6.07, 6.45) is 5.12. The summed E-state index contributed by atoms with van der Waals surface area (Å²) in [6, 6.07) is 14.0. The predicted molar refractivity (Wildman–Crippen MR) is 104 cm³/mol. The zero-order valence-corrected chi connectivity index (χ0v) is 15.3. The normalized spacial score (nSPS) is 10.4. The molecule has 0 radical (unpaired) electrons. The number of aliphatic carboxylic acids is 1. The van der Waals surface area contributed by atoms with E-state index in [0.717, 1.165) is 11.3 Å². The minimum atomic E-state index is -1.10. The van der Waals surface area contributed by atoms with Gasteiger partial charge in [-0.25, -0.2) is 4.79 Å². The van der Waals surface area contributed by atoms with Crippen molar-refractivity contribution in [1.82, 2.24) is 0 Å². The third kappa shape index (κ3) is 6.82. The van der Waals surface area contributed by atoms with Gasteiger partial charge in [0, 0.05) is 0 Å². The number of rotatable bonds is 9. The lowest BCUT2D eigenvalue weighted by Gasteiger charge is -2.07. The number of para-hydroxylation sites is 1. The minimum Gasteiger partial charge on any atom is -0.490 e. The molecule has 0 spiro atoms. The van der Waals surface area contributed by atoms with Crippen molar-refractivity contribution >= 4 is 17.8 Å². The Bertz CT molecular complexity index is 843. The fraction of sp³-hybridized carbons (Fsp3) is 0.182. The largest absolute Gasteiger partial charge is 0.490 e. The second-order valence-electron chi connectivity index (χ2n) is 6.04. The van der Waals surface area contributed by atoms with E-state index in [1.54, 1.807) is 30.3 Å². The fourth-order valence-corrected chi connectivity index (χ4v) is 2.18. The van der Waals surface area contributed by atoms with Gasteiger partial charge in [-0.3, -0.25) is 4.79 Å². The highest BCUT2D eigenvalue weighted by atomic mass is 16.5. The first-order valence-electron chi connectivity index (χ1n) is 8.48. The van der Waals surface area contributed by atoms with E-state index in [0.29, 0.717) is 12.2 Å². The molecule has 140 valence electrons. The molecule has 1 N–H and O–H groups in total. The zero-order chi connectivity index (χ0) is 19.6. The lowest BCUT2D eigenvalue weighted by molar-refractivity contribution is -0.139. The molecule has 0 aliphatic heterocycles. The number of ketones is 1. The third-order valence-corrected chi connectivity index (χ3v) is 3.55. The molecular formula is C22H22O5. The lowest BCUT2D eigenvalue weighted by Crippen LogP contribution is -2.11.